The third-order valence-electron chi connectivity index (χ3n) is 5.50. The monoisotopic (exact) mass is 419 g/mol. The number of fused-ring (bicyclic) bond motifs is 1. The molecule has 0 radical (unpaired) electrons. The van der Waals surface area contributed by atoms with Crippen LogP contribution < -0.4 is 11.1 Å². The van der Waals surface area contributed by atoms with Crippen LogP contribution in [0.3, 0.4) is 0 Å². The number of nitrogens with zero attached hydrogens (tertiary/aromatic N) is 5. The van der Waals surface area contributed by atoms with Crippen molar-refractivity contribution in [3.05, 3.63) is 59.6 Å². The summed E-state index contributed by atoms with van der Waals surface area (Å²) in [6.07, 6.45) is 7.49. The van der Waals surface area contributed by atoms with Crippen molar-refractivity contribution in [2.45, 2.75) is 18.9 Å². The van der Waals surface area contributed by atoms with Gasteiger partial charge in [0.05, 0.1) is 6.04 Å². The number of hydrogen-bond donors (Lipinski definition) is 2. The Bertz CT molecular complexity index is 1200. The van der Waals surface area contributed by atoms with E-state index in [1.807, 2.05) is 28.1 Å². The van der Waals surface area contributed by atoms with Crippen LogP contribution in [0, 0.1) is 0 Å². The Hall–Kier alpha value is -3.30. The number of benzene rings is 1. The highest BCUT2D eigenvalue weighted by Crippen LogP contribution is 2.35. The van der Waals surface area contributed by atoms with Crippen molar-refractivity contribution >= 4 is 33.7 Å². The lowest BCUT2D eigenvalue weighted by atomic mass is 10.1. The SMILES string of the molecule is CN1CCC[C@H]1c1nc(-c2ccc(C(=O)Nc3nccs3)cc2)c2c(N)nccn12. The lowest BCUT2D eigenvalue weighted by Crippen LogP contribution is -2.19. The van der Waals surface area contributed by atoms with E-state index in [0.29, 0.717) is 16.5 Å². The highest BCUT2D eigenvalue weighted by Gasteiger charge is 2.28. The molecule has 0 unspecified atom stereocenters. The number of aromatic nitrogens is 4. The third-order valence-corrected chi connectivity index (χ3v) is 6.19. The molecule has 4 heterocycles. The summed E-state index contributed by atoms with van der Waals surface area (Å²) in [7, 11) is 2.12. The summed E-state index contributed by atoms with van der Waals surface area (Å²) in [5, 5.41) is 5.19. The fourth-order valence-corrected chi connectivity index (χ4v) is 4.52. The topological polar surface area (TPSA) is 101 Å². The molecule has 1 fully saturated rings. The Morgan fingerprint density at radius 2 is 2.07 bits per heavy atom. The van der Waals surface area contributed by atoms with Crippen LogP contribution >= 0.6 is 11.3 Å². The van der Waals surface area contributed by atoms with Gasteiger partial charge in [0.2, 0.25) is 0 Å². The molecule has 3 aromatic heterocycles. The lowest BCUT2D eigenvalue weighted by Gasteiger charge is -2.18. The molecule has 1 atom stereocenters. The zero-order valence-corrected chi connectivity index (χ0v) is 17.3. The smallest absolute Gasteiger partial charge is 0.257 e. The Morgan fingerprint density at radius 1 is 1.23 bits per heavy atom. The van der Waals surface area contributed by atoms with Crippen molar-refractivity contribution < 1.29 is 4.79 Å². The van der Waals surface area contributed by atoms with Crippen molar-refractivity contribution in [1.29, 1.82) is 0 Å². The van der Waals surface area contributed by atoms with Crippen LogP contribution in [0.15, 0.2) is 48.2 Å². The second-order valence-electron chi connectivity index (χ2n) is 7.36. The maximum Gasteiger partial charge on any atom is 0.257 e. The predicted octanol–water partition coefficient (Wildman–Crippen LogP) is 3.45. The normalized spacial score (nSPS) is 16.9. The Balaban J connectivity index is 1.52. The number of carbonyl (C=O) groups excluding carboxylic acids is 1. The molecule has 1 aliphatic heterocycles. The number of amides is 1. The second kappa shape index (κ2) is 7.51. The molecule has 0 bridgehead atoms. The summed E-state index contributed by atoms with van der Waals surface area (Å²) in [4.78, 5) is 28.1. The molecule has 4 aromatic rings. The molecule has 1 aromatic carbocycles. The van der Waals surface area contributed by atoms with Crippen LogP contribution in [0.2, 0.25) is 0 Å². The number of anilines is 2. The van der Waals surface area contributed by atoms with Crippen molar-refractivity contribution in [2.24, 2.45) is 0 Å². The lowest BCUT2D eigenvalue weighted by molar-refractivity contribution is 0.102. The van der Waals surface area contributed by atoms with Crippen LogP contribution in [0.1, 0.15) is 35.1 Å². The maximum atomic E-state index is 12.4. The van der Waals surface area contributed by atoms with Gasteiger partial charge in [-0.15, -0.1) is 11.3 Å². The average molecular weight is 420 g/mol. The molecule has 3 N–H and O–H groups in total. The minimum absolute atomic E-state index is 0.194. The van der Waals surface area contributed by atoms with E-state index in [9.17, 15) is 4.79 Å². The van der Waals surface area contributed by atoms with Crippen molar-refractivity contribution in [1.82, 2.24) is 24.3 Å². The van der Waals surface area contributed by atoms with E-state index in [2.05, 4.69) is 27.2 Å². The molecule has 1 amide bonds. The second-order valence-corrected chi connectivity index (χ2v) is 8.25. The van der Waals surface area contributed by atoms with Crippen LogP contribution in [-0.4, -0.2) is 43.8 Å². The van der Waals surface area contributed by atoms with E-state index in [1.54, 1.807) is 24.5 Å². The third kappa shape index (κ3) is 3.21. The van der Waals surface area contributed by atoms with Crippen molar-refractivity contribution in [3.63, 3.8) is 0 Å². The summed E-state index contributed by atoms with van der Waals surface area (Å²) >= 11 is 1.38. The number of imidazole rings is 1. The summed E-state index contributed by atoms with van der Waals surface area (Å²) in [5.41, 5.74) is 9.27. The highest BCUT2D eigenvalue weighted by atomic mass is 32.1. The molecule has 30 heavy (non-hydrogen) atoms. The standard InChI is InChI=1S/C21H21N7OS/c1-27-10-2-3-15(27)19-25-16(17-18(22)23-8-11-28(17)19)13-4-6-14(7-5-13)20(29)26-21-24-9-12-30-21/h4-9,11-12,15H,2-3,10H2,1H3,(H2,22,23)(H,24,26,29)/t15-/m0/s1. The molecule has 152 valence electrons. The average Bonchev–Trinajstić information content (AvgIpc) is 3.48. The highest BCUT2D eigenvalue weighted by molar-refractivity contribution is 7.13. The van der Waals surface area contributed by atoms with E-state index in [0.717, 1.165) is 42.0 Å². The number of thiazole rings is 1. The van der Waals surface area contributed by atoms with Gasteiger partial charge in [0.15, 0.2) is 5.13 Å². The largest absolute Gasteiger partial charge is 0.382 e. The van der Waals surface area contributed by atoms with Gasteiger partial charge in [0.1, 0.15) is 22.9 Å². The zero-order chi connectivity index (χ0) is 20.7. The fraction of sp³-hybridized carbons (Fsp3) is 0.238. The Kier molecular flexibility index (Phi) is 4.68. The van der Waals surface area contributed by atoms with Gasteiger partial charge in [-0.05, 0) is 38.6 Å². The molecule has 5 rings (SSSR count). The van der Waals surface area contributed by atoms with Crippen LogP contribution in [0.4, 0.5) is 10.9 Å². The molecule has 1 saturated heterocycles. The quantitative estimate of drug-likeness (QED) is 0.525. The minimum Gasteiger partial charge on any atom is -0.382 e. The van der Waals surface area contributed by atoms with Gasteiger partial charge < -0.3 is 5.73 Å². The van der Waals surface area contributed by atoms with Crippen LogP contribution in [0.5, 0.6) is 0 Å². The number of likely N-dealkylation sites (tertiary alicyclic amines) is 1. The van der Waals surface area contributed by atoms with E-state index in [1.165, 1.54) is 11.3 Å². The number of carbonyl (C=O) groups is 1. The van der Waals surface area contributed by atoms with E-state index in [4.69, 9.17) is 10.7 Å². The van der Waals surface area contributed by atoms with Gasteiger partial charge in [-0.3, -0.25) is 19.4 Å². The van der Waals surface area contributed by atoms with E-state index >= 15 is 0 Å². The predicted molar refractivity (Wildman–Crippen MR) is 118 cm³/mol. The first-order valence-electron chi connectivity index (χ1n) is 9.76. The summed E-state index contributed by atoms with van der Waals surface area (Å²) in [5.74, 6) is 1.22. The van der Waals surface area contributed by atoms with Gasteiger partial charge in [-0.2, -0.15) is 0 Å². The number of hydrogen-bond acceptors (Lipinski definition) is 7. The van der Waals surface area contributed by atoms with Crippen LogP contribution in [-0.2, 0) is 0 Å². The Labute approximate surface area is 177 Å². The molecule has 0 saturated carbocycles. The first-order chi connectivity index (χ1) is 14.6. The molecule has 1 aliphatic rings. The summed E-state index contributed by atoms with van der Waals surface area (Å²) in [6.45, 7) is 1.05. The van der Waals surface area contributed by atoms with Gasteiger partial charge in [-0.1, -0.05) is 12.1 Å². The summed E-state index contributed by atoms with van der Waals surface area (Å²) < 4.78 is 2.05. The first kappa shape index (κ1) is 18.7. The van der Waals surface area contributed by atoms with Crippen molar-refractivity contribution in [3.8, 4) is 11.3 Å². The van der Waals surface area contributed by atoms with Gasteiger partial charge in [0, 0.05) is 35.1 Å². The van der Waals surface area contributed by atoms with Gasteiger partial charge in [0.25, 0.3) is 5.91 Å². The minimum atomic E-state index is -0.194. The number of nitrogens with one attached hydrogen (secondary N) is 1. The molecule has 8 nitrogen and oxygen atoms in total. The number of rotatable bonds is 4. The molecular formula is C21H21N7OS. The maximum absolute atomic E-state index is 12.4. The zero-order valence-electron chi connectivity index (χ0n) is 16.4. The van der Waals surface area contributed by atoms with Gasteiger partial charge >= 0.3 is 0 Å². The fourth-order valence-electron chi connectivity index (χ4n) is 3.99. The molecular weight excluding hydrogens is 398 g/mol. The number of nitrogen functional groups attached to an aromatic ring is 1. The summed E-state index contributed by atoms with van der Waals surface area (Å²) in [6, 6.07) is 7.62. The van der Waals surface area contributed by atoms with E-state index in [-0.39, 0.29) is 11.9 Å². The first-order valence-corrected chi connectivity index (χ1v) is 10.6. The van der Waals surface area contributed by atoms with Crippen molar-refractivity contribution in [2.75, 3.05) is 24.6 Å². The van der Waals surface area contributed by atoms with Crippen LogP contribution in [0.25, 0.3) is 16.8 Å². The van der Waals surface area contributed by atoms with E-state index < -0.39 is 0 Å². The molecule has 0 spiro atoms. The van der Waals surface area contributed by atoms with Gasteiger partial charge in [-0.25, -0.2) is 15.0 Å². The molecule has 0 aliphatic carbocycles. The molecule has 9 heteroatoms. The Morgan fingerprint density at radius 3 is 2.77 bits per heavy atom. The number of nitrogens with two attached hydrogens (primary N) is 1.